The number of allylic oxidation sites excluding steroid dienone is 2. The Morgan fingerprint density at radius 1 is 0.912 bits per heavy atom. The minimum absolute atomic E-state index is 0.00896. The highest BCUT2D eigenvalue weighted by atomic mass is 16.2. The summed E-state index contributed by atoms with van der Waals surface area (Å²) in [7, 11) is 1.77. The third-order valence-electron chi connectivity index (χ3n) is 13.1. The Balaban J connectivity index is 1.61. The van der Waals surface area contributed by atoms with Crippen LogP contribution in [0.5, 0.6) is 0 Å². The minimum atomic E-state index is -0.337. The first-order chi connectivity index (χ1) is 15.7. The number of carbonyl (C=O) groups is 2. The molecule has 34 heavy (non-hydrogen) atoms. The van der Waals surface area contributed by atoms with E-state index in [4.69, 9.17) is 0 Å². The summed E-state index contributed by atoms with van der Waals surface area (Å²) in [5.74, 6) is 1.68. The van der Waals surface area contributed by atoms with Gasteiger partial charge in [-0.15, -0.1) is 0 Å². The second kappa shape index (κ2) is 7.22. The molecule has 0 aromatic rings. The van der Waals surface area contributed by atoms with Gasteiger partial charge >= 0.3 is 0 Å². The summed E-state index contributed by atoms with van der Waals surface area (Å²) in [5, 5.41) is 2.94. The average molecular weight is 468 g/mol. The van der Waals surface area contributed by atoms with Crippen LogP contribution in [0.3, 0.4) is 0 Å². The predicted octanol–water partition coefficient (Wildman–Crippen LogP) is 7.10. The first-order valence-electron chi connectivity index (χ1n) is 14.2. The molecule has 0 spiro atoms. The van der Waals surface area contributed by atoms with E-state index in [-0.39, 0.29) is 38.9 Å². The Labute approximate surface area is 208 Å². The molecule has 3 heteroatoms. The van der Waals surface area contributed by atoms with E-state index >= 15 is 0 Å². The summed E-state index contributed by atoms with van der Waals surface area (Å²) < 4.78 is 0. The van der Waals surface area contributed by atoms with Crippen LogP contribution in [0.15, 0.2) is 11.6 Å². The summed E-state index contributed by atoms with van der Waals surface area (Å²) in [4.78, 5) is 27.2. The van der Waals surface area contributed by atoms with Crippen LogP contribution < -0.4 is 5.32 Å². The topological polar surface area (TPSA) is 46.2 Å². The maximum atomic E-state index is 14.3. The highest BCUT2D eigenvalue weighted by Crippen LogP contribution is 2.75. The summed E-state index contributed by atoms with van der Waals surface area (Å²) in [6.45, 7) is 17.0. The molecule has 4 saturated carbocycles. The van der Waals surface area contributed by atoms with E-state index < -0.39 is 0 Å². The molecular weight excluding hydrogens is 418 g/mol. The lowest BCUT2D eigenvalue weighted by molar-refractivity contribution is -0.184. The number of fused-ring (bicyclic) bond motifs is 7. The van der Waals surface area contributed by atoms with Crippen LogP contribution in [0.1, 0.15) is 113 Å². The molecule has 0 aromatic heterocycles. The molecule has 0 aliphatic heterocycles. The molecule has 5 aliphatic carbocycles. The van der Waals surface area contributed by atoms with Gasteiger partial charge in [0.05, 0.1) is 0 Å². The maximum absolute atomic E-state index is 14.3. The average Bonchev–Trinajstić information content (AvgIpc) is 2.75. The van der Waals surface area contributed by atoms with Crippen LogP contribution >= 0.6 is 0 Å². The van der Waals surface area contributed by atoms with Crippen molar-refractivity contribution in [3.8, 4) is 0 Å². The Kier molecular flexibility index (Phi) is 5.22. The number of hydrogen-bond donors (Lipinski definition) is 1. The van der Waals surface area contributed by atoms with Crippen LogP contribution in [-0.2, 0) is 9.59 Å². The summed E-state index contributed by atoms with van der Waals surface area (Å²) in [5.41, 5.74) is 1.76. The van der Waals surface area contributed by atoms with Gasteiger partial charge < -0.3 is 5.32 Å². The van der Waals surface area contributed by atoms with Crippen LogP contribution in [0.2, 0.25) is 0 Å². The van der Waals surface area contributed by atoms with Gasteiger partial charge in [-0.2, -0.15) is 0 Å². The van der Waals surface area contributed by atoms with Crippen molar-refractivity contribution in [1.29, 1.82) is 0 Å². The van der Waals surface area contributed by atoms with E-state index in [1.807, 2.05) is 0 Å². The smallest absolute Gasteiger partial charge is 0.225 e. The highest BCUT2D eigenvalue weighted by molar-refractivity contribution is 5.95. The number of amides is 1. The lowest BCUT2D eigenvalue weighted by Crippen LogP contribution is -2.65. The zero-order chi connectivity index (χ0) is 24.9. The van der Waals surface area contributed by atoms with Gasteiger partial charge in [-0.3, -0.25) is 9.59 Å². The molecule has 1 amide bonds. The molecule has 3 nitrogen and oxygen atoms in total. The number of nitrogens with one attached hydrogen (secondary N) is 1. The molecule has 5 rings (SSSR count). The molecule has 190 valence electrons. The van der Waals surface area contributed by atoms with E-state index in [0.717, 1.165) is 25.7 Å². The second-order valence-electron chi connectivity index (χ2n) is 15.2. The fourth-order valence-corrected chi connectivity index (χ4v) is 10.8. The molecule has 2 unspecified atom stereocenters. The SMILES string of the molecule is CNC(=O)C1(C)CC[C@]2(C)CC[C@]3(C)C(=CC(=O)[C@@H]4[C@@]5(C)CCCC(C)(C)C5CC[C@]43C)[C@H]2C1. The first kappa shape index (κ1) is 24.6. The molecule has 0 aromatic carbocycles. The lowest BCUT2D eigenvalue weighted by Gasteiger charge is -2.70. The van der Waals surface area contributed by atoms with Crippen molar-refractivity contribution in [2.24, 2.45) is 50.2 Å². The van der Waals surface area contributed by atoms with E-state index in [1.54, 1.807) is 7.05 Å². The Morgan fingerprint density at radius 2 is 1.59 bits per heavy atom. The second-order valence-corrected chi connectivity index (χ2v) is 15.2. The number of rotatable bonds is 1. The van der Waals surface area contributed by atoms with E-state index in [1.165, 1.54) is 44.1 Å². The largest absolute Gasteiger partial charge is 0.359 e. The van der Waals surface area contributed by atoms with Crippen molar-refractivity contribution in [1.82, 2.24) is 5.32 Å². The molecule has 0 heterocycles. The summed E-state index contributed by atoms with van der Waals surface area (Å²) >= 11 is 0. The quantitative estimate of drug-likeness (QED) is 0.447. The van der Waals surface area contributed by atoms with Crippen LogP contribution in [0.4, 0.5) is 0 Å². The fourth-order valence-electron chi connectivity index (χ4n) is 10.8. The zero-order valence-electron chi connectivity index (χ0n) is 23.2. The number of carbonyl (C=O) groups excluding carboxylic acids is 2. The normalized spacial score (nSPS) is 51.8. The van der Waals surface area contributed by atoms with Crippen molar-refractivity contribution in [2.45, 2.75) is 113 Å². The Bertz CT molecular complexity index is 949. The standard InChI is InChI=1S/C31H49NO2/c1-26(2)11-9-12-29(5)23(26)10-13-31(7)24(29)22(33)18-20-21-19-28(4,25(34)32-8)15-14-27(21,3)16-17-30(20,31)6/h18,21,23-24H,9-17,19H2,1-8H3,(H,32,34)/t21-,23?,24-,27-,28?,29+,30-,31-/m1/s1. The van der Waals surface area contributed by atoms with Crippen LogP contribution in [0, 0.1) is 50.2 Å². The first-order valence-corrected chi connectivity index (χ1v) is 14.2. The molecule has 0 saturated heterocycles. The monoisotopic (exact) mass is 467 g/mol. The third-order valence-corrected chi connectivity index (χ3v) is 13.1. The van der Waals surface area contributed by atoms with Gasteiger partial charge in [0.25, 0.3) is 0 Å². The van der Waals surface area contributed by atoms with Gasteiger partial charge in [0.1, 0.15) is 0 Å². The summed E-state index contributed by atoms with van der Waals surface area (Å²) in [6, 6.07) is 0. The Morgan fingerprint density at radius 3 is 2.26 bits per heavy atom. The van der Waals surface area contributed by atoms with Crippen molar-refractivity contribution in [2.75, 3.05) is 7.05 Å². The number of ketones is 1. The van der Waals surface area contributed by atoms with Gasteiger partial charge in [0, 0.05) is 18.4 Å². The van der Waals surface area contributed by atoms with Crippen LogP contribution in [-0.4, -0.2) is 18.7 Å². The molecule has 1 N–H and O–H groups in total. The van der Waals surface area contributed by atoms with Gasteiger partial charge in [-0.05, 0) is 103 Å². The third kappa shape index (κ3) is 2.94. The highest BCUT2D eigenvalue weighted by Gasteiger charge is 2.69. The number of hydrogen-bond acceptors (Lipinski definition) is 2. The summed E-state index contributed by atoms with van der Waals surface area (Å²) in [6.07, 6.45) is 13.6. The van der Waals surface area contributed by atoms with Crippen molar-refractivity contribution < 1.29 is 9.59 Å². The van der Waals surface area contributed by atoms with Crippen molar-refractivity contribution in [3.05, 3.63) is 11.6 Å². The molecule has 0 bridgehead atoms. The van der Waals surface area contributed by atoms with Crippen LogP contribution in [0.25, 0.3) is 0 Å². The molecular formula is C31H49NO2. The molecule has 8 atom stereocenters. The van der Waals surface area contributed by atoms with Crippen molar-refractivity contribution in [3.63, 3.8) is 0 Å². The van der Waals surface area contributed by atoms with Gasteiger partial charge in [-0.25, -0.2) is 0 Å². The zero-order valence-corrected chi connectivity index (χ0v) is 23.2. The maximum Gasteiger partial charge on any atom is 0.225 e. The molecule has 5 aliphatic rings. The fraction of sp³-hybridized carbons (Fsp3) is 0.871. The van der Waals surface area contributed by atoms with Gasteiger partial charge in [0.2, 0.25) is 5.91 Å². The Hall–Kier alpha value is -1.12. The minimum Gasteiger partial charge on any atom is -0.359 e. The van der Waals surface area contributed by atoms with Gasteiger partial charge in [-0.1, -0.05) is 60.5 Å². The molecule has 4 fully saturated rings. The van der Waals surface area contributed by atoms with Gasteiger partial charge in [0.15, 0.2) is 5.78 Å². The lowest BCUT2D eigenvalue weighted by atomic mass is 9.33. The molecule has 0 radical (unpaired) electrons. The predicted molar refractivity (Wildman–Crippen MR) is 138 cm³/mol. The van der Waals surface area contributed by atoms with Crippen molar-refractivity contribution >= 4 is 11.7 Å². The van der Waals surface area contributed by atoms with E-state index in [2.05, 4.69) is 59.9 Å². The van der Waals surface area contributed by atoms with E-state index in [0.29, 0.717) is 23.0 Å². The van der Waals surface area contributed by atoms with E-state index in [9.17, 15) is 9.59 Å².